The quantitative estimate of drug-likeness (QED) is 0.813. The maximum Gasteiger partial charge on any atom is 0.255 e. The summed E-state index contributed by atoms with van der Waals surface area (Å²) >= 11 is 0. The molecule has 0 atom stereocenters. The Labute approximate surface area is 137 Å². The fourth-order valence-electron chi connectivity index (χ4n) is 2.35. The van der Waals surface area contributed by atoms with Crippen molar-refractivity contribution in [1.29, 1.82) is 0 Å². The van der Waals surface area contributed by atoms with E-state index in [1.54, 1.807) is 24.2 Å². The molecule has 0 fully saturated rings. The van der Waals surface area contributed by atoms with Crippen molar-refractivity contribution in [1.82, 2.24) is 9.78 Å². The van der Waals surface area contributed by atoms with E-state index in [1.807, 2.05) is 24.3 Å². The minimum Gasteiger partial charge on any atom is -0.383 e. The summed E-state index contributed by atoms with van der Waals surface area (Å²) in [4.78, 5) is 14.5. The smallest absolute Gasteiger partial charge is 0.255 e. The van der Waals surface area contributed by atoms with E-state index in [0.717, 1.165) is 18.8 Å². The Hall–Kier alpha value is -2.34. The molecule has 0 aliphatic carbocycles. The monoisotopic (exact) mass is 316 g/mol. The summed E-state index contributed by atoms with van der Waals surface area (Å²) in [6, 6.07) is 7.64. The summed E-state index contributed by atoms with van der Waals surface area (Å²) in [7, 11) is 1.65. The molecule has 2 rings (SSSR count). The van der Waals surface area contributed by atoms with Gasteiger partial charge in [0.05, 0.1) is 25.0 Å². The van der Waals surface area contributed by atoms with Crippen molar-refractivity contribution >= 4 is 17.3 Å². The van der Waals surface area contributed by atoms with Gasteiger partial charge in [-0.2, -0.15) is 5.10 Å². The first-order chi connectivity index (χ1) is 11.2. The van der Waals surface area contributed by atoms with Crippen LogP contribution in [0.1, 0.15) is 24.2 Å². The molecule has 0 radical (unpaired) electrons. The highest BCUT2D eigenvalue weighted by molar-refractivity contribution is 6.04. The number of hydrogen-bond acceptors (Lipinski definition) is 4. The van der Waals surface area contributed by atoms with Crippen molar-refractivity contribution in [2.45, 2.75) is 20.4 Å². The van der Waals surface area contributed by atoms with E-state index in [4.69, 9.17) is 4.74 Å². The molecular formula is C17H24N4O2. The number of amides is 1. The average Bonchev–Trinajstić information content (AvgIpc) is 3.02. The molecule has 0 aliphatic heterocycles. The van der Waals surface area contributed by atoms with Crippen LogP contribution in [0.25, 0.3) is 0 Å². The highest BCUT2D eigenvalue weighted by atomic mass is 16.5. The van der Waals surface area contributed by atoms with E-state index in [2.05, 4.69) is 29.2 Å². The highest BCUT2D eigenvalue weighted by Gasteiger charge is 2.09. The van der Waals surface area contributed by atoms with E-state index in [-0.39, 0.29) is 5.91 Å². The van der Waals surface area contributed by atoms with Crippen LogP contribution in [0.2, 0.25) is 0 Å². The summed E-state index contributed by atoms with van der Waals surface area (Å²) in [6.07, 6.45) is 3.43. The van der Waals surface area contributed by atoms with Crippen molar-refractivity contribution in [2.75, 3.05) is 37.0 Å². The summed E-state index contributed by atoms with van der Waals surface area (Å²) < 4.78 is 6.74. The molecule has 6 nitrogen and oxygen atoms in total. The second-order valence-electron chi connectivity index (χ2n) is 5.16. The molecule has 23 heavy (non-hydrogen) atoms. The molecule has 0 aliphatic rings. The lowest BCUT2D eigenvalue weighted by Crippen LogP contribution is -2.21. The van der Waals surface area contributed by atoms with Gasteiger partial charge in [0.25, 0.3) is 5.91 Å². The van der Waals surface area contributed by atoms with Crippen LogP contribution in [0.5, 0.6) is 0 Å². The zero-order valence-corrected chi connectivity index (χ0v) is 14.0. The van der Waals surface area contributed by atoms with Crippen molar-refractivity contribution in [2.24, 2.45) is 0 Å². The number of nitrogens with zero attached hydrogens (tertiary/aromatic N) is 3. The fraction of sp³-hybridized carbons (Fsp3) is 0.412. The summed E-state index contributed by atoms with van der Waals surface area (Å²) in [5, 5.41) is 7.03. The number of carbonyl (C=O) groups is 1. The van der Waals surface area contributed by atoms with Crippen molar-refractivity contribution < 1.29 is 9.53 Å². The lowest BCUT2D eigenvalue weighted by atomic mass is 10.2. The normalized spacial score (nSPS) is 10.6. The summed E-state index contributed by atoms with van der Waals surface area (Å²) in [5.74, 6) is -0.137. The molecule has 0 saturated heterocycles. The molecule has 1 heterocycles. The van der Waals surface area contributed by atoms with Gasteiger partial charge in [-0.05, 0) is 38.1 Å². The van der Waals surface area contributed by atoms with Crippen LogP contribution in [0.3, 0.4) is 0 Å². The maximum atomic E-state index is 12.3. The molecule has 6 heteroatoms. The third kappa shape index (κ3) is 4.56. The van der Waals surface area contributed by atoms with Gasteiger partial charge in [-0.25, -0.2) is 0 Å². The van der Waals surface area contributed by atoms with Gasteiger partial charge >= 0.3 is 0 Å². The van der Waals surface area contributed by atoms with Gasteiger partial charge in [0, 0.05) is 37.6 Å². The van der Waals surface area contributed by atoms with Crippen LogP contribution in [0.4, 0.5) is 11.4 Å². The van der Waals surface area contributed by atoms with Gasteiger partial charge in [-0.15, -0.1) is 0 Å². The minimum atomic E-state index is -0.137. The highest BCUT2D eigenvalue weighted by Crippen LogP contribution is 2.16. The number of methoxy groups -OCH3 is 1. The first-order valence-electron chi connectivity index (χ1n) is 7.85. The number of rotatable bonds is 8. The van der Waals surface area contributed by atoms with Crippen molar-refractivity contribution in [3.8, 4) is 0 Å². The summed E-state index contributed by atoms with van der Waals surface area (Å²) in [6.45, 7) is 7.37. The Morgan fingerprint density at radius 3 is 2.57 bits per heavy atom. The van der Waals surface area contributed by atoms with E-state index in [9.17, 15) is 4.79 Å². The second kappa shape index (κ2) is 8.33. The van der Waals surface area contributed by atoms with E-state index in [0.29, 0.717) is 24.4 Å². The van der Waals surface area contributed by atoms with Crippen molar-refractivity contribution in [3.05, 3.63) is 42.2 Å². The predicted molar refractivity (Wildman–Crippen MR) is 92.1 cm³/mol. The molecule has 0 bridgehead atoms. The fourth-order valence-corrected chi connectivity index (χ4v) is 2.35. The third-order valence-corrected chi connectivity index (χ3v) is 3.67. The van der Waals surface area contributed by atoms with Gasteiger partial charge in [0.1, 0.15) is 0 Å². The molecular weight excluding hydrogens is 292 g/mol. The molecule has 1 amide bonds. The zero-order chi connectivity index (χ0) is 16.7. The Morgan fingerprint density at radius 1 is 1.26 bits per heavy atom. The molecule has 0 saturated carbocycles. The van der Waals surface area contributed by atoms with Crippen LogP contribution in [-0.4, -0.2) is 42.5 Å². The lowest BCUT2D eigenvalue weighted by Gasteiger charge is -2.21. The van der Waals surface area contributed by atoms with Crippen LogP contribution in [0, 0.1) is 0 Å². The first-order valence-corrected chi connectivity index (χ1v) is 7.85. The molecule has 1 aromatic heterocycles. The van der Waals surface area contributed by atoms with Gasteiger partial charge in [-0.3, -0.25) is 9.48 Å². The Balaban J connectivity index is 1.99. The number of hydrogen-bond donors (Lipinski definition) is 1. The predicted octanol–water partition coefficient (Wildman–Crippen LogP) is 2.63. The standard InChI is InChI=1S/C17H24N4O2/c1-4-20(5-2)16-8-6-14(7-9-16)17(22)19-15-12-18-21(13-15)10-11-23-3/h6-9,12-13H,4-5,10-11H2,1-3H3,(H,19,22). The Kier molecular flexibility index (Phi) is 6.17. The molecule has 0 spiro atoms. The third-order valence-electron chi connectivity index (χ3n) is 3.67. The maximum absolute atomic E-state index is 12.3. The summed E-state index contributed by atoms with van der Waals surface area (Å²) in [5.41, 5.74) is 2.43. The Bertz CT molecular complexity index is 618. The number of benzene rings is 1. The lowest BCUT2D eigenvalue weighted by molar-refractivity contribution is 0.102. The number of nitrogens with one attached hydrogen (secondary N) is 1. The largest absolute Gasteiger partial charge is 0.383 e. The first kappa shape index (κ1) is 17.0. The van der Waals surface area contributed by atoms with Gasteiger partial charge in [-0.1, -0.05) is 0 Å². The number of anilines is 2. The van der Waals surface area contributed by atoms with Crippen LogP contribution in [-0.2, 0) is 11.3 Å². The van der Waals surface area contributed by atoms with Crippen molar-refractivity contribution in [3.63, 3.8) is 0 Å². The molecule has 0 unspecified atom stereocenters. The second-order valence-corrected chi connectivity index (χ2v) is 5.16. The van der Waals surface area contributed by atoms with E-state index >= 15 is 0 Å². The SMILES string of the molecule is CCN(CC)c1ccc(C(=O)Nc2cnn(CCOC)c2)cc1. The minimum absolute atomic E-state index is 0.137. The molecule has 1 N–H and O–H groups in total. The van der Waals surface area contributed by atoms with E-state index < -0.39 is 0 Å². The topological polar surface area (TPSA) is 59.4 Å². The van der Waals surface area contributed by atoms with Gasteiger partial charge in [0.2, 0.25) is 0 Å². The molecule has 2 aromatic rings. The van der Waals surface area contributed by atoms with Crippen LogP contribution >= 0.6 is 0 Å². The number of ether oxygens (including phenoxy) is 1. The number of carbonyl (C=O) groups excluding carboxylic acids is 1. The Morgan fingerprint density at radius 2 is 1.96 bits per heavy atom. The zero-order valence-electron chi connectivity index (χ0n) is 14.0. The van der Waals surface area contributed by atoms with E-state index in [1.165, 1.54) is 0 Å². The van der Waals surface area contributed by atoms with Crippen LogP contribution in [0.15, 0.2) is 36.7 Å². The average molecular weight is 316 g/mol. The van der Waals surface area contributed by atoms with Gasteiger partial charge < -0.3 is 15.0 Å². The number of aromatic nitrogens is 2. The van der Waals surface area contributed by atoms with Crippen LogP contribution < -0.4 is 10.2 Å². The van der Waals surface area contributed by atoms with Gasteiger partial charge in [0.15, 0.2) is 0 Å². The molecule has 1 aromatic carbocycles. The molecule has 124 valence electrons.